The van der Waals surface area contributed by atoms with Crippen LogP contribution in [0.5, 0.6) is 0 Å². The van der Waals surface area contributed by atoms with Gasteiger partial charge in [0.1, 0.15) is 5.82 Å². The molecule has 0 unspecified atom stereocenters. The van der Waals surface area contributed by atoms with Crippen molar-refractivity contribution < 1.29 is 0 Å². The van der Waals surface area contributed by atoms with Gasteiger partial charge < -0.3 is 5.73 Å². The number of benzene rings is 2. The highest BCUT2D eigenvalue weighted by atomic mass is 15.3. The van der Waals surface area contributed by atoms with Gasteiger partial charge in [-0.2, -0.15) is 5.10 Å². The van der Waals surface area contributed by atoms with E-state index in [1.54, 1.807) is 4.52 Å². The normalized spacial score (nSPS) is 11.0. The summed E-state index contributed by atoms with van der Waals surface area (Å²) >= 11 is 0. The van der Waals surface area contributed by atoms with Crippen LogP contribution in [0.4, 0.5) is 5.82 Å². The number of nitrogen functional groups attached to an aromatic ring is 1. The van der Waals surface area contributed by atoms with Gasteiger partial charge in [-0.05, 0) is 30.2 Å². The SMILES string of the molecule is Cc1c(-c2ccc(-c3ccccc3)cc2)nn2c(N)cccc12. The van der Waals surface area contributed by atoms with Crippen LogP contribution < -0.4 is 5.73 Å². The van der Waals surface area contributed by atoms with Crippen molar-refractivity contribution in [3.8, 4) is 22.4 Å². The molecular formula is C20H17N3. The van der Waals surface area contributed by atoms with E-state index in [0.717, 1.165) is 22.3 Å². The summed E-state index contributed by atoms with van der Waals surface area (Å²) in [6, 6.07) is 24.7. The summed E-state index contributed by atoms with van der Waals surface area (Å²) in [5.41, 5.74) is 12.7. The van der Waals surface area contributed by atoms with Gasteiger partial charge >= 0.3 is 0 Å². The second kappa shape index (κ2) is 5.29. The number of pyridine rings is 1. The minimum absolute atomic E-state index is 0.651. The van der Waals surface area contributed by atoms with E-state index in [4.69, 9.17) is 5.73 Å². The molecule has 2 aromatic heterocycles. The van der Waals surface area contributed by atoms with Crippen LogP contribution in [-0.4, -0.2) is 9.61 Å². The third-order valence-electron chi connectivity index (χ3n) is 4.20. The number of fused-ring (bicyclic) bond motifs is 1. The van der Waals surface area contributed by atoms with Gasteiger partial charge in [0.05, 0.1) is 11.2 Å². The molecule has 0 radical (unpaired) electrons. The molecule has 0 saturated carbocycles. The van der Waals surface area contributed by atoms with Gasteiger partial charge in [-0.25, -0.2) is 4.52 Å². The number of nitrogens with two attached hydrogens (primary N) is 1. The van der Waals surface area contributed by atoms with Gasteiger partial charge in [0.25, 0.3) is 0 Å². The van der Waals surface area contributed by atoms with E-state index in [1.165, 1.54) is 11.1 Å². The Bertz CT molecular complexity index is 967. The van der Waals surface area contributed by atoms with Gasteiger partial charge in [0.15, 0.2) is 0 Å². The maximum absolute atomic E-state index is 6.02. The Morgan fingerprint density at radius 2 is 1.39 bits per heavy atom. The van der Waals surface area contributed by atoms with Gasteiger partial charge in [-0.1, -0.05) is 60.7 Å². The Balaban J connectivity index is 1.80. The van der Waals surface area contributed by atoms with Gasteiger partial charge in [-0.15, -0.1) is 0 Å². The summed E-state index contributed by atoms with van der Waals surface area (Å²) in [7, 11) is 0. The molecule has 0 atom stereocenters. The minimum atomic E-state index is 0.651. The zero-order chi connectivity index (χ0) is 15.8. The standard InChI is InChI=1S/C20H17N3/c1-14-18-8-5-9-19(21)23(18)22-20(14)17-12-10-16(11-13-17)15-6-3-2-4-7-15/h2-13H,21H2,1H3. The summed E-state index contributed by atoms with van der Waals surface area (Å²) in [4.78, 5) is 0. The molecule has 4 rings (SSSR count). The molecule has 4 aromatic rings. The van der Waals surface area contributed by atoms with Crippen molar-refractivity contribution in [2.45, 2.75) is 6.92 Å². The average molecular weight is 299 g/mol. The number of rotatable bonds is 2. The lowest BCUT2D eigenvalue weighted by atomic mass is 10.0. The van der Waals surface area contributed by atoms with Crippen molar-refractivity contribution >= 4 is 11.3 Å². The number of hydrogen-bond donors (Lipinski definition) is 1. The maximum Gasteiger partial charge on any atom is 0.125 e. The molecule has 0 bridgehead atoms. The molecule has 0 amide bonds. The first kappa shape index (κ1) is 13.6. The molecule has 0 saturated heterocycles. The lowest BCUT2D eigenvalue weighted by Gasteiger charge is -2.03. The zero-order valence-electron chi connectivity index (χ0n) is 12.9. The third kappa shape index (κ3) is 2.27. The van der Waals surface area contributed by atoms with Crippen molar-refractivity contribution in [1.29, 1.82) is 0 Å². The first-order valence-corrected chi connectivity index (χ1v) is 7.64. The van der Waals surface area contributed by atoms with Crippen molar-refractivity contribution in [3.05, 3.63) is 78.4 Å². The topological polar surface area (TPSA) is 43.3 Å². The average Bonchev–Trinajstić information content (AvgIpc) is 2.94. The highest BCUT2D eigenvalue weighted by Crippen LogP contribution is 2.28. The summed E-state index contributed by atoms with van der Waals surface area (Å²) in [5, 5.41) is 4.68. The molecule has 0 aliphatic rings. The monoisotopic (exact) mass is 299 g/mol. The maximum atomic E-state index is 6.02. The van der Waals surface area contributed by atoms with Crippen molar-refractivity contribution in [2.24, 2.45) is 0 Å². The summed E-state index contributed by atoms with van der Waals surface area (Å²) in [6.45, 7) is 2.09. The molecule has 2 N–H and O–H groups in total. The van der Waals surface area contributed by atoms with E-state index in [-0.39, 0.29) is 0 Å². The summed E-state index contributed by atoms with van der Waals surface area (Å²) in [6.07, 6.45) is 0. The van der Waals surface area contributed by atoms with Crippen LogP contribution in [0.2, 0.25) is 0 Å². The Hall–Kier alpha value is -3.07. The summed E-state index contributed by atoms with van der Waals surface area (Å²) < 4.78 is 1.80. The molecule has 3 heteroatoms. The van der Waals surface area contributed by atoms with E-state index >= 15 is 0 Å². The van der Waals surface area contributed by atoms with Crippen LogP contribution in [0.25, 0.3) is 27.9 Å². The predicted octanol–water partition coefficient (Wildman–Crippen LogP) is 4.56. The van der Waals surface area contributed by atoms with Gasteiger partial charge in [-0.3, -0.25) is 0 Å². The van der Waals surface area contributed by atoms with Gasteiger partial charge in [0, 0.05) is 11.1 Å². The molecule has 0 aliphatic heterocycles. The van der Waals surface area contributed by atoms with Crippen molar-refractivity contribution in [3.63, 3.8) is 0 Å². The van der Waals surface area contributed by atoms with E-state index in [0.29, 0.717) is 5.82 Å². The molecule has 0 aliphatic carbocycles. The van der Waals surface area contributed by atoms with Crippen LogP contribution >= 0.6 is 0 Å². The second-order valence-corrected chi connectivity index (χ2v) is 5.66. The number of hydrogen-bond acceptors (Lipinski definition) is 2. The van der Waals surface area contributed by atoms with Crippen LogP contribution in [0.15, 0.2) is 72.8 Å². The van der Waals surface area contributed by atoms with E-state index in [1.807, 2.05) is 24.3 Å². The minimum Gasteiger partial charge on any atom is -0.384 e. The Morgan fingerprint density at radius 3 is 2.09 bits per heavy atom. The van der Waals surface area contributed by atoms with Crippen molar-refractivity contribution in [2.75, 3.05) is 5.73 Å². The van der Waals surface area contributed by atoms with E-state index < -0.39 is 0 Å². The molecule has 2 heterocycles. The molecule has 0 spiro atoms. The highest BCUT2D eigenvalue weighted by molar-refractivity contribution is 5.75. The fourth-order valence-electron chi connectivity index (χ4n) is 2.94. The summed E-state index contributed by atoms with van der Waals surface area (Å²) in [5.74, 6) is 0.651. The van der Waals surface area contributed by atoms with Gasteiger partial charge in [0.2, 0.25) is 0 Å². The third-order valence-corrected chi connectivity index (χ3v) is 4.20. The lowest BCUT2D eigenvalue weighted by Crippen LogP contribution is -1.97. The highest BCUT2D eigenvalue weighted by Gasteiger charge is 2.12. The number of anilines is 1. The molecule has 0 fully saturated rings. The van der Waals surface area contributed by atoms with Crippen LogP contribution in [0.3, 0.4) is 0 Å². The fourth-order valence-corrected chi connectivity index (χ4v) is 2.94. The van der Waals surface area contributed by atoms with Crippen LogP contribution in [-0.2, 0) is 0 Å². The molecule has 3 nitrogen and oxygen atoms in total. The largest absolute Gasteiger partial charge is 0.384 e. The van der Waals surface area contributed by atoms with E-state index in [2.05, 4.69) is 60.6 Å². The first-order valence-electron chi connectivity index (χ1n) is 7.64. The Morgan fingerprint density at radius 1 is 0.739 bits per heavy atom. The fraction of sp³-hybridized carbons (Fsp3) is 0.0500. The second-order valence-electron chi connectivity index (χ2n) is 5.66. The smallest absolute Gasteiger partial charge is 0.125 e. The quantitative estimate of drug-likeness (QED) is 0.589. The number of aromatic nitrogens is 2. The first-order chi connectivity index (χ1) is 11.2. The van der Waals surface area contributed by atoms with Crippen LogP contribution in [0, 0.1) is 6.92 Å². The Kier molecular flexibility index (Phi) is 3.12. The number of nitrogens with zero attached hydrogens (tertiary/aromatic N) is 2. The lowest BCUT2D eigenvalue weighted by molar-refractivity contribution is 0.978. The molecule has 23 heavy (non-hydrogen) atoms. The zero-order valence-corrected chi connectivity index (χ0v) is 12.9. The van der Waals surface area contributed by atoms with Crippen molar-refractivity contribution in [1.82, 2.24) is 9.61 Å². The number of aryl methyl sites for hydroxylation is 1. The molecule has 2 aromatic carbocycles. The van der Waals surface area contributed by atoms with Crippen LogP contribution in [0.1, 0.15) is 5.56 Å². The van der Waals surface area contributed by atoms with E-state index in [9.17, 15) is 0 Å². The Labute approximate surface area is 135 Å². The predicted molar refractivity (Wildman–Crippen MR) is 95.2 cm³/mol. The molecular weight excluding hydrogens is 282 g/mol. The molecule has 112 valence electrons.